The van der Waals surface area contributed by atoms with E-state index in [2.05, 4.69) is 10.0 Å². The molecule has 0 aliphatic carbocycles. The van der Waals surface area contributed by atoms with Crippen LogP contribution in [0.1, 0.15) is 38.7 Å². The van der Waals surface area contributed by atoms with E-state index in [-0.39, 0.29) is 10.6 Å². The summed E-state index contributed by atoms with van der Waals surface area (Å²) in [6, 6.07) is 4.73. The fourth-order valence-electron chi connectivity index (χ4n) is 2.85. The lowest BCUT2D eigenvalue weighted by Gasteiger charge is -2.26. The molecule has 0 N–H and O–H groups in total. The summed E-state index contributed by atoms with van der Waals surface area (Å²) in [7, 11) is -7.28. The molecule has 11 heteroatoms. The van der Waals surface area contributed by atoms with Crippen LogP contribution in [0.5, 0.6) is 0 Å². The quantitative estimate of drug-likeness (QED) is 0.325. The topological polar surface area (TPSA) is 99.1 Å². The molecule has 0 fully saturated rings. The van der Waals surface area contributed by atoms with Crippen LogP contribution in [0.4, 0.5) is 5.69 Å². The average molecular weight is 613 g/mol. The molecule has 0 amide bonds. The second kappa shape index (κ2) is 8.04. The van der Waals surface area contributed by atoms with Crippen LogP contribution in [0.25, 0.3) is 0 Å². The summed E-state index contributed by atoms with van der Waals surface area (Å²) in [6.07, 6.45) is 1.75. The van der Waals surface area contributed by atoms with E-state index in [1.54, 1.807) is 12.1 Å². The molecule has 1 aliphatic heterocycles. The Morgan fingerprint density at radius 1 is 1.12 bits per heavy atom. The fraction of sp³-hybridized carbons (Fsp3) is 0.500. The molecule has 1 atom stereocenters. The fourth-order valence-corrected chi connectivity index (χ4v) is 5.20. The van der Waals surface area contributed by atoms with Crippen molar-refractivity contribution in [2.75, 3.05) is 5.75 Å². The van der Waals surface area contributed by atoms with Crippen LogP contribution in [-0.2, 0) is 30.7 Å². The van der Waals surface area contributed by atoms with Gasteiger partial charge < -0.3 is 0 Å². The van der Waals surface area contributed by atoms with E-state index in [0.717, 1.165) is 17.0 Å². The largest absolute Gasteiger partial charge is 0.306 e. The Hall–Kier alpha value is 0.170. The summed E-state index contributed by atoms with van der Waals surface area (Å²) in [4.78, 5) is 4.61. The molecule has 1 aromatic carbocycles. The molecule has 0 aromatic heterocycles. The lowest BCUT2D eigenvalue weighted by atomic mass is 9.76. The maximum absolute atomic E-state index is 11.9. The third-order valence-electron chi connectivity index (χ3n) is 4.44. The maximum atomic E-state index is 11.9. The van der Waals surface area contributed by atoms with E-state index in [0.29, 0.717) is 19.3 Å². The maximum Gasteiger partial charge on any atom is 0.306 e. The monoisotopic (exact) mass is 613 g/mol. The second-order valence-corrected chi connectivity index (χ2v) is 11.3. The van der Waals surface area contributed by atoms with Gasteiger partial charge in [-0.25, -0.2) is 0 Å². The van der Waals surface area contributed by atoms with Crippen molar-refractivity contribution in [3.05, 3.63) is 23.8 Å². The van der Waals surface area contributed by atoms with E-state index in [4.69, 9.17) is 0 Å². The summed E-state index contributed by atoms with van der Waals surface area (Å²) >= 11 is 2.71. The minimum atomic E-state index is -3.80. The summed E-state index contributed by atoms with van der Waals surface area (Å²) in [5.74, 6) is -0.0494. The van der Waals surface area contributed by atoms with Crippen molar-refractivity contribution >= 4 is 77.6 Å². The minimum Gasteiger partial charge on any atom is -0.257 e. The molecular formula is C14H17I2NO6S2. The predicted molar refractivity (Wildman–Crippen MR) is 112 cm³/mol. The molecule has 0 spiro atoms. The Kier molecular flexibility index (Phi) is 6.91. The third kappa shape index (κ3) is 4.72. The molecule has 1 unspecified atom stereocenters. The molecular weight excluding hydrogens is 596 g/mol. The van der Waals surface area contributed by atoms with Crippen molar-refractivity contribution in [3.63, 3.8) is 0 Å². The third-order valence-corrected chi connectivity index (χ3v) is 9.48. The first kappa shape index (κ1) is 21.5. The van der Waals surface area contributed by atoms with E-state index in [1.165, 1.54) is 52.1 Å². The van der Waals surface area contributed by atoms with E-state index in [1.807, 2.05) is 13.8 Å². The number of nitrogens with zero attached hydrogens (tertiary/aromatic N) is 1. The first-order chi connectivity index (χ1) is 11.6. The molecule has 0 saturated carbocycles. The minimum absolute atomic E-state index is 0.0494. The van der Waals surface area contributed by atoms with Crippen LogP contribution in [0.3, 0.4) is 0 Å². The highest BCUT2D eigenvalue weighted by molar-refractivity contribution is 14.1. The lowest BCUT2D eigenvalue weighted by Crippen LogP contribution is -2.28. The highest BCUT2D eigenvalue weighted by Gasteiger charge is 2.37. The second-order valence-electron chi connectivity index (χ2n) is 6.01. The zero-order valence-corrected chi connectivity index (χ0v) is 19.5. The van der Waals surface area contributed by atoms with Gasteiger partial charge >= 0.3 is 10.1 Å². The average Bonchev–Trinajstić information content (AvgIpc) is 2.82. The van der Waals surface area contributed by atoms with Gasteiger partial charge in [0.2, 0.25) is 0 Å². The normalized spacial score (nSPS) is 20.4. The van der Waals surface area contributed by atoms with Gasteiger partial charge in [-0.1, -0.05) is 13.3 Å². The van der Waals surface area contributed by atoms with Gasteiger partial charge in [0.25, 0.3) is 10.1 Å². The number of aliphatic imine (C=N–C) groups is 1. The molecule has 0 radical (unpaired) electrons. The standard InChI is InChI=1S/C14H17I2NO6S2/c1-10-14(2,7-3-4-8-24(18,19)22-15)12-9-11(25(20,21)23-16)5-6-13(12)17-10/h5-6,9H,3-4,7-8H2,1-2H3. The molecule has 0 bridgehead atoms. The van der Waals surface area contributed by atoms with Crippen molar-refractivity contribution < 1.29 is 21.9 Å². The van der Waals surface area contributed by atoms with Crippen LogP contribution in [0.2, 0.25) is 0 Å². The molecule has 7 nitrogen and oxygen atoms in total. The van der Waals surface area contributed by atoms with Gasteiger partial charge in [0.15, 0.2) is 0 Å². The zero-order chi connectivity index (χ0) is 18.9. The zero-order valence-electron chi connectivity index (χ0n) is 13.5. The Morgan fingerprint density at radius 3 is 2.40 bits per heavy atom. The van der Waals surface area contributed by atoms with Crippen LogP contribution < -0.4 is 0 Å². The van der Waals surface area contributed by atoms with Crippen LogP contribution in [0, 0.1) is 0 Å². The number of halogens is 2. The highest BCUT2D eigenvalue weighted by Crippen LogP contribution is 2.44. The van der Waals surface area contributed by atoms with Gasteiger partial charge in [-0.2, -0.15) is 21.9 Å². The Labute approximate surface area is 176 Å². The van der Waals surface area contributed by atoms with Gasteiger partial charge in [0.05, 0.1) is 16.3 Å². The predicted octanol–water partition coefficient (Wildman–Crippen LogP) is 3.97. The molecule has 1 aliphatic rings. The molecule has 0 saturated heterocycles. The van der Waals surface area contributed by atoms with Crippen LogP contribution >= 0.6 is 46.0 Å². The van der Waals surface area contributed by atoms with E-state index < -0.39 is 25.7 Å². The van der Waals surface area contributed by atoms with Crippen molar-refractivity contribution in [2.45, 2.75) is 43.4 Å². The molecule has 1 aromatic rings. The summed E-state index contributed by atoms with van der Waals surface area (Å²) in [5.41, 5.74) is 1.98. The Bertz CT molecular complexity index is 898. The Balaban J connectivity index is 2.23. The van der Waals surface area contributed by atoms with Crippen LogP contribution in [-0.4, -0.2) is 28.3 Å². The Morgan fingerprint density at radius 2 is 1.80 bits per heavy atom. The number of benzene rings is 1. The lowest BCUT2D eigenvalue weighted by molar-refractivity contribution is 0.516. The number of hydrogen-bond acceptors (Lipinski definition) is 7. The number of unbranched alkanes of at least 4 members (excludes halogenated alkanes) is 1. The summed E-state index contributed by atoms with van der Waals surface area (Å²) in [6.45, 7) is 3.88. The number of hydrogen-bond donors (Lipinski definition) is 0. The van der Waals surface area contributed by atoms with Gasteiger partial charge in [-0.05, 0) is 43.5 Å². The SMILES string of the molecule is CC1=Nc2ccc(S(=O)(=O)OI)cc2C1(C)CCCCS(=O)(=O)OI. The smallest absolute Gasteiger partial charge is 0.257 e. The first-order valence-corrected chi connectivity index (χ1v) is 12.1. The highest BCUT2D eigenvalue weighted by atomic mass is 127. The summed E-state index contributed by atoms with van der Waals surface area (Å²) < 4.78 is 55.6. The van der Waals surface area contributed by atoms with Gasteiger partial charge in [0.1, 0.15) is 46.0 Å². The summed E-state index contributed by atoms with van der Waals surface area (Å²) in [5, 5.41) is 0. The number of rotatable bonds is 8. The van der Waals surface area contributed by atoms with Gasteiger partial charge in [-0.3, -0.25) is 4.99 Å². The van der Waals surface area contributed by atoms with Gasteiger partial charge in [0, 0.05) is 11.1 Å². The molecule has 1 heterocycles. The van der Waals surface area contributed by atoms with Crippen molar-refractivity contribution in [1.82, 2.24) is 0 Å². The molecule has 25 heavy (non-hydrogen) atoms. The van der Waals surface area contributed by atoms with Gasteiger partial charge in [-0.15, -0.1) is 0 Å². The molecule has 2 rings (SSSR count). The first-order valence-electron chi connectivity index (χ1n) is 7.34. The van der Waals surface area contributed by atoms with Crippen molar-refractivity contribution in [1.29, 1.82) is 0 Å². The van der Waals surface area contributed by atoms with E-state index >= 15 is 0 Å². The molecule has 140 valence electrons. The van der Waals surface area contributed by atoms with Crippen molar-refractivity contribution in [2.24, 2.45) is 4.99 Å². The van der Waals surface area contributed by atoms with E-state index in [9.17, 15) is 16.8 Å². The van der Waals surface area contributed by atoms with Crippen LogP contribution in [0.15, 0.2) is 28.1 Å². The number of fused-ring (bicyclic) bond motifs is 1. The van der Waals surface area contributed by atoms with Crippen molar-refractivity contribution in [3.8, 4) is 0 Å².